The zero-order valence-electron chi connectivity index (χ0n) is 13.1. The number of nitrogens with zero attached hydrogens (tertiary/aromatic N) is 1. The number of benzene rings is 1. The van der Waals surface area contributed by atoms with Gasteiger partial charge in [-0.15, -0.1) is 0 Å². The summed E-state index contributed by atoms with van der Waals surface area (Å²) in [6.45, 7) is 7.15. The number of nitrogens with one attached hydrogen (secondary N) is 1. The van der Waals surface area contributed by atoms with Crippen LogP contribution in [0.3, 0.4) is 0 Å². The topological polar surface area (TPSA) is 75.4 Å². The molecular formula is C16H25N3O2. The summed E-state index contributed by atoms with van der Waals surface area (Å²) >= 11 is 0. The van der Waals surface area contributed by atoms with E-state index in [0.717, 1.165) is 0 Å². The first-order valence-electron chi connectivity index (χ1n) is 7.42. The van der Waals surface area contributed by atoms with E-state index in [0.29, 0.717) is 37.2 Å². The van der Waals surface area contributed by atoms with Crippen molar-refractivity contribution in [2.24, 2.45) is 5.73 Å². The van der Waals surface area contributed by atoms with Crippen molar-refractivity contribution in [1.29, 1.82) is 0 Å². The number of nitrogens with two attached hydrogens (primary N) is 1. The Kier molecular flexibility index (Phi) is 6.88. The average molecular weight is 291 g/mol. The molecule has 3 N–H and O–H groups in total. The van der Waals surface area contributed by atoms with Gasteiger partial charge >= 0.3 is 0 Å². The molecule has 5 heteroatoms. The smallest absolute Gasteiger partial charge is 0.253 e. The number of hydrogen-bond acceptors (Lipinski definition) is 3. The van der Waals surface area contributed by atoms with Gasteiger partial charge in [-0.25, -0.2) is 0 Å². The lowest BCUT2D eigenvalue weighted by molar-refractivity contribution is -0.116. The van der Waals surface area contributed by atoms with Crippen LogP contribution in [0.25, 0.3) is 0 Å². The molecule has 0 saturated heterocycles. The van der Waals surface area contributed by atoms with E-state index in [1.54, 1.807) is 29.2 Å². The van der Waals surface area contributed by atoms with Crippen LogP contribution in [0.1, 0.15) is 44.0 Å². The monoisotopic (exact) mass is 291 g/mol. The first-order chi connectivity index (χ1) is 9.97. The Morgan fingerprint density at radius 2 is 1.76 bits per heavy atom. The van der Waals surface area contributed by atoms with Gasteiger partial charge in [0.15, 0.2) is 0 Å². The van der Waals surface area contributed by atoms with Gasteiger partial charge in [-0.05, 0) is 51.5 Å². The Hall–Kier alpha value is -1.88. The van der Waals surface area contributed by atoms with Crippen LogP contribution in [0, 0.1) is 0 Å². The molecule has 2 amide bonds. The molecule has 0 bridgehead atoms. The highest BCUT2D eigenvalue weighted by molar-refractivity contribution is 5.95. The molecule has 0 radical (unpaired) electrons. The quantitative estimate of drug-likeness (QED) is 0.809. The molecule has 0 heterocycles. The second kappa shape index (κ2) is 8.42. The summed E-state index contributed by atoms with van der Waals surface area (Å²) < 4.78 is 0. The minimum absolute atomic E-state index is 0.00910. The normalized spacial score (nSPS) is 11.8. The lowest BCUT2D eigenvalue weighted by Crippen LogP contribution is -2.30. The van der Waals surface area contributed by atoms with E-state index >= 15 is 0 Å². The highest BCUT2D eigenvalue weighted by atomic mass is 16.2. The molecule has 0 aliphatic rings. The molecule has 1 atom stereocenters. The second-order valence-corrected chi connectivity index (χ2v) is 5.12. The first-order valence-corrected chi connectivity index (χ1v) is 7.42. The Labute approximate surface area is 126 Å². The number of carbonyl (C=O) groups excluding carboxylic acids is 2. The van der Waals surface area contributed by atoms with Gasteiger partial charge in [0.05, 0.1) is 0 Å². The molecule has 0 aliphatic heterocycles. The largest absolute Gasteiger partial charge is 0.339 e. The van der Waals surface area contributed by atoms with Gasteiger partial charge in [-0.1, -0.05) is 0 Å². The van der Waals surface area contributed by atoms with Crippen molar-refractivity contribution in [3.63, 3.8) is 0 Å². The van der Waals surface area contributed by atoms with Gasteiger partial charge in [0, 0.05) is 36.8 Å². The summed E-state index contributed by atoms with van der Waals surface area (Å²) in [5, 5.41) is 2.80. The third-order valence-corrected chi connectivity index (χ3v) is 3.29. The lowest BCUT2D eigenvalue weighted by atomic mass is 10.1. The molecular weight excluding hydrogens is 266 g/mol. The molecule has 0 spiro atoms. The molecule has 0 aromatic heterocycles. The maximum atomic E-state index is 12.1. The number of hydrogen-bond donors (Lipinski definition) is 2. The summed E-state index contributed by atoms with van der Waals surface area (Å²) in [6.07, 6.45) is 1.06. The zero-order valence-corrected chi connectivity index (χ0v) is 13.1. The highest BCUT2D eigenvalue weighted by Crippen LogP contribution is 2.12. The summed E-state index contributed by atoms with van der Waals surface area (Å²) in [5.74, 6) is -0.0510. The SMILES string of the molecule is CCN(CC)C(=O)c1ccc(NC(=O)CCC(C)N)cc1. The third-order valence-electron chi connectivity index (χ3n) is 3.29. The number of amides is 2. The third kappa shape index (κ3) is 5.55. The van der Waals surface area contributed by atoms with Crippen molar-refractivity contribution in [3.8, 4) is 0 Å². The maximum absolute atomic E-state index is 12.1. The van der Waals surface area contributed by atoms with E-state index in [1.165, 1.54) is 0 Å². The number of rotatable bonds is 7. The van der Waals surface area contributed by atoms with E-state index in [-0.39, 0.29) is 17.9 Å². The van der Waals surface area contributed by atoms with Gasteiger partial charge in [-0.2, -0.15) is 0 Å². The summed E-state index contributed by atoms with van der Waals surface area (Å²) in [5.41, 5.74) is 6.95. The number of carbonyl (C=O) groups is 2. The summed E-state index contributed by atoms with van der Waals surface area (Å²) in [4.78, 5) is 25.6. The predicted molar refractivity (Wildman–Crippen MR) is 85.2 cm³/mol. The standard InChI is InChI=1S/C16H25N3O2/c1-4-19(5-2)16(21)13-7-9-14(10-8-13)18-15(20)11-6-12(3)17/h7-10,12H,4-6,11,17H2,1-3H3,(H,18,20). The fourth-order valence-electron chi connectivity index (χ4n) is 1.97. The molecule has 0 aliphatic carbocycles. The van der Waals surface area contributed by atoms with Gasteiger partial charge in [0.25, 0.3) is 5.91 Å². The van der Waals surface area contributed by atoms with E-state index in [2.05, 4.69) is 5.32 Å². The van der Waals surface area contributed by atoms with E-state index in [1.807, 2.05) is 20.8 Å². The zero-order chi connectivity index (χ0) is 15.8. The summed E-state index contributed by atoms with van der Waals surface area (Å²) in [7, 11) is 0. The van der Waals surface area contributed by atoms with Gasteiger partial charge < -0.3 is 16.0 Å². The van der Waals surface area contributed by atoms with Gasteiger partial charge in [-0.3, -0.25) is 9.59 Å². The molecule has 1 rings (SSSR count). The molecule has 1 unspecified atom stereocenters. The predicted octanol–water partition coefficient (Wildman–Crippen LogP) is 2.23. The fraction of sp³-hybridized carbons (Fsp3) is 0.500. The van der Waals surface area contributed by atoms with Crippen molar-refractivity contribution in [2.45, 2.75) is 39.7 Å². The van der Waals surface area contributed by atoms with Gasteiger partial charge in [0.2, 0.25) is 5.91 Å². The van der Waals surface area contributed by atoms with Crippen molar-refractivity contribution < 1.29 is 9.59 Å². The molecule has 116 valence electrons. The highest BCUT2D eigenvalue weighted by Gasteiger charge is 2.12. The van der Waals surface area contributed by atoms with Crippen LogP contribution in [-0.4, -0.2) is 35.8 Å². The Morgan fingerprint density at radius 1 is 1.19 bits per heavy atom. The molecule has 1 aromatic rings. The second-order valence-electron chi connectivity index (χ2n) is 5.12. The summed E-state index contributed by atoms with van der Waals surface area (Å²) in [6, 6.07) is 7.00. The van der Waals surface area contributed by atoms with Crippen molar-refractivity contribution in [3.05, 3.63) is 29.8 Å². The first kappa shape index (κ1) is 17.2. The van der Waals surface area contributed by atoms with Crippen molar-refractivity contribution in [1.82, 2.24) is 4.90 Å². The van der Waals surface area contributed by atoms with Gasteiger partial charge in [0.1, 0.15) is 0 Å². The average Bonchev–Trinajstić information content (AvgIpc) is 2.47. The van der Waals surface area contributed by atoms with E-state index in [9.17, 15) is 9.59 Å². The fourth-order valence-corrected chi connectivity index (χ4v) is 1.97. The molecule has 0 saturated carbocycles. The molecule has 1 aromatic carbocycles. The van der Waals surface area contributed by atoms with Crippen LogP contribution in [0.4, 0.5) is 5.69 Å². The minimum atomic E-state index is -0.0601. The Bertz CT molecular complexity index is 465. The van der Waals surface area contributed by atoms with Crippen LogP contribution in [0.15, 0.2) is 24.3 Å². The van der Waals surface area contributed by atoms with Crippen molar-refractivity contribution >= 4 is 17.5 Å². The maximum Gasteiger partial charge on any atom is 0.253 e. The number of anilines is 1. The molecule has 5 nitrogen and oxygen atoms in total. The van der Waals surface area contributed by atoms with Crippen LogP contribution >= 0.6 is 0 Å². The van der Waals surface area contributed by atoms with Crippen LogP contribution in [0.5, 0.6) is 0 Å². The van der Waals surface area contributed by atoms with Crippen LogP contribution < -0.4 is 11.1 Å². The van der Waals surface area contributed by atoms with Crippen molar-refractivity contribution in [2.75, 3.05) is 18.4 Å². The van der Waals surface area contributed by atoms with Crippen LogP contribution in [0.2, 0.25) is 0 Å². The van der Waals surface area contributed by atoms with E-state index in [4.69, 9.17) is 5.73 Å². The molecule has 21 heavy (non-hydrogen) atoms. The lowest BCUT2D eigenvalue weighted by Gasteiger charge is -2.18. The Morgan fingerprint density at radius 3 is 2.24 bits per heavy atom. The molecule has 0 fully saturated rings. The minimum Gasteiger partial charge on any atom is -0.339 e. The van der Waals surface area contributed by atoms with Crippen LogP contribution in [-0.2, 0) is 4.79 Å². The Balaban J connectivity index is 2.61. The van der Waals surface area contributed by atoms with E-state index < -0.39 is 0 Å².